The highest BCUT2D eigenvalue weighted by atomic mass is 32.2. The Balaban J connectivity index is 1.65. The number of carbonyl (C=O) groups excluding carboxylic acids is 2. The van der Waals surface area contributed by atoms with Crippen LogP contribution >= 0.6 is 0 Å². The number of hydrogen-bond acceptors (Lipinski definition) is 6. The predicted molar refractivity (Wildman–Crippen MR) is 122 cm³/mol. The summed E-state index contributed by atoms with van der Waals surface area (Å²) < 4.78 is 27.8. The standard InChI is InChI=1S/C22H26N4O6S/c27-21(25-14-5-1-2-6-15-25)12-13-23-22(28)19-10-3-4-11-20(19)24-33(31,32)18-9-7-8-17(16-18)26(29)30/h3-4,7-11,16,24H,1-2,5-6,12-15H2,(H,23,28). The lowest BCUT2D eigenvalue weighted by atomic mass is 10.1. The van der Waals surface area contributed by atoms with Gasteiger partial charge in [0, 0.05) is 38.2 Å². The monoisotopic (exact) mass is 474 g/mol. The van der Waals surface area contributed by atoms with Gasteiger partial charge in [0.25, 0.3) is 21.6 Å². The first-order valence-corrected chi connectivity index (χ1v) is 12.2. The van der Waals surface area contributed by atoms with Crippen LogP contribution in [-0.4, -0.2) is 49.7 Å². The third-order valence-electron chi connectivity index (χ3n) is 5.34. The quantitative estimate of drug-likeness (QED) is 0.445. The highest BCUT2D eigenvalue weighted by Crippen LogP contribution is 2.23. The van der Waals surface area contributed by atoms with Crippen molar-refractivity contribution in [1.82, 2.24) is 10.2 Å². The van der Waals surface area contributed by atoms with Gasteiger partial charge in [0.15, 0.2) is 0 Å². The van der Waals surface area contributed by atoms with Crippen LogP contribution in [0.2, 0.25) is 0 Å². The van der Waals surface area contributed by atoms with Crippen molar-refractivity contribution < 1.29 is 22.9 Å². The molecule has 0 atom stereocenters. The molecular weight excluding hydrogens is 448 g/mol. The van der Waals surface area contributed by atoms with Gasteiger partial charge in [-0.15, -0.1) is 0 Å². The second-order valence-electron chi connectivity index (χ2n) is 7.71. The third kappa shape index (κ3) is 6.51. The summed E-state index contributed by atoms with van der Waals surface area (Å²) in [5.41, 5.74) is -0.257. The van der Waals surface area contributed by atoms with Gasteiger partial charge < -0.3 is 10.2 Å². The maximum atomic E-state index is 12.7. The van der Waals surface area contributed by atoms with Gasteiger partial charge in [-0.05, 0) is 31.0 Å². The van der Waals surface area contributed by atoms with Gasteiger partial charge in [0.05, 0.1) is 21.1 Å². The number of rotatable bonds is 8. The van der Waals surface area contributed by atoms with Crippen molar-refractivity contribution >= 4 is 33.2 Å². The van der Waals surface area contributed by atoms with E-state index in [1.54, 1.807) is 12.1 Å². The minimum absolute atomic E-state index is 0.0168. The first-order chi connectivity index (χ1) is 15.8. The summed E-state index contributed by atoms with van der Waals surface area (Å²) in [5, 5.41) is 13.6. The fourth-order valence-corrected chi connectivity index (χ4v) is 4.71. The second kappa shape index (κ2) is 10.9. The molecule has 11 heteroatoms. The van der Waals surface area contributed by atoms with Crippen LogP contribution in [0.5, 0.6) is 0 Å². The SMILES string of the molecule is O=C(NCCC(=O)N1CCCCCC1)c1ccccc1NS(=O)(=O)c1cccc([N+](=O)[O-])c1. The maximum Gasteiger partial charge on any atom is 0.270 e. The van der Waals surface area contributed by atoms with E-state index in [9.17, 15) is 28.1 Å². The van der Waals surface area contributed by atoms with Crippen molar-refractivity contribution in [3.63, 3.8) is 0 Å². The lowest BCUT2D eigenvalue weighted by Gasteiger charge is -2.20. The van der Waals surface area contributed by atoms with Crippen LogP contribution in [0.4, 0.5) is 11.4 Å². The van der Waals surface area contributed by atoms with Crippen molar-refractivity contribution in [2.45, 2.75) is 37.0 Å². The van der Waals surface area contributed by atoms with Gasteiger partial charge in [-0.25, -0.2) is 8.42 Å². The molecule has 2 aromatic carbocycles. The molecule has 0 spiro atoms. The van der Waals surface area contributed by atoms with E-state index in [0.717, 1.165) is 44.8 Å². The fourth-order valence-electron chi connectivity index (χ4n) is 3.59. The average Bonchev–Trinajstić information content (AvgIpc) is 3.09. The molecule has 0 saturated carbocycles. The Labute approximate surface area is 192 Å². The highest BCUT2D eigenvalue weighted by Gasteiger charge is 2.21. The zero-order chi connectivity index (χ0) is 23.8. The van der Waals surface area contributed by atoms with Crippen molar-refractivity contribution in [2.24, 2.45) is 0 Å². The summed E-state index contributed by atoms with van der Waals surface area (Å²) in [7, 11) is -4.17. The van der Waals surface area contributed by atoms with E-state index in [0.29, 0.717) is 0 Å². The van der Waals surface area contributed by atoms with Crippen LogP contribution in [0, 0.1) is 10.1 Å². The number of sulfonamides is 1. The zero-order valence-electron chi connectivity index (χ0n) is 18.0. The summed E-state index contributed by atoms with van der Waals surface area (Å²) in [6, 6.07) is 10.7. The van der Waals surface area contributed by atoms with E-state index < -0.39 is 20.9 Å². The van der Waals surface area contributed by atoms with Crippen molar-refractivity contribution in [3.05, 3.63) is 64.2 Å². The molecular formula is C22H26N4O6S. The van der Waals surface area contributed by atoms with E-state index in [1.165, 1.54) is 30.3 Å². The maximum absolute atomic E-state index is 12.7. The van der Waals surface area contributed by atoms with Gasteiger partial charge >= 0.3 is 0 Å². The molecule has 2 aromatic rings. The summed E-state index contributed by atoms with van der Waals surface area (Å²) in [5.74, 6) is -0.548. The number of anilines is 1. The Morgan fingerprint density at radius 1 is 1.00 bits per heavy atom. The molecule has 1 aliphatic rings. The normalized spacial score (nSPS) is 14.2. The van der Waals surface area contributed by atoms with Crippen LogP contribution < -0.4 is 10.0 Å². The van der Waals surface area contributed by atoms with Crippen LogP contribution in [0.1, 0.15) is 42.5 Å². The Bertz CT molecular complexity index is 1130. The topological polar surface area (TPSA) is 139 Å². The summed E-state index contributed by atoms with van der Waals surface area (Å²) in [6.07, 6.45) is 4.35. The minimum Gasteiger partial charge on any atom is -0.351 e. The number of nitro groups is 1. The number of nitro benzene ring substituents is 1. The van der Waals surface area contributed by atoms with E-state index in [2.05, 4.69) is 10.0 Å². The number of nitrogens with zero attached hydrogens (tertiary/aromatic N) is 2. The number of hydrogen-bond donors (Lipinski definition) is 2. The van der Waals surface area contributed by atoms with E-state index in [-0.39, 0.29) is 40.7 Å². The summed E-state index contributed by atoms with van der Waals surface area (Å²) in [6.45, 7) is 1.59. The lowest BCUT2D eigenvalue weighted by Crippen LogP contribution is -2.35. The number of para-hydroxylation sites is 1. The number of amides is 2. The largest absolute Gasteiger partial charge is 0.351 e. The zero-order valence-corrected chi connectivity index (χ0v) is 18.8. The number of carbonyl (C=O) groups is 2. The lowest BCUT2D eigenvalue weighted by molar-refractivity contribution is -0.385. The number of likely N-dealkylation sites (tertiary alicyclic amines) is 1. The number of nitrogens with one attached hydrogen (secondary N) is 2. The van der Waals surface area contributed by atoms with Crippen molar-refractivity contribution in [3.8, 4) is 0 Å². The number of non-ortho nitro benzene ring substituents is 1. The van der Waals surface area contributed by atoms with E-state index in [1.807, 2.05) is 4.90 Å². The molecule has 33 heavy (non-hydrogen) atoms. The van der Waals surface area contributed by atoms with Crippen molar-refractivity contribution in [2.75, 3.05) is 24.4 Å². The molecule has 0 aromatic heterocycles. The molecule has 0 aliphatic carbocycles. The van der Waals surface area contributed by atoms with Gasteiger partial charge in [0.2, 0.25) is 5.91 Å². The third-order valence-corrected chi connectivity index (χ3v) is 6.70. The van der Waals surface area contributed by atoms with Gasteiger partial charge in [0.1, 0.15) is 0 Å². The Hall–Kier alpha value is -3.47. The highest BCUT2D eigenvalue weighted by molar-refractivity contribution is 7.92. The smallest absolute Gasteiger partial charge is 0.270 e. The molecule has 3 rings (SSSR count). The molecule has 1 aliphatic heterocycles. The molecule has 1 fully saturated rings. The second-order valence-corrected chi connectivity index (χ2v) is 9.39. The van der Waals surface area contributed by atoms with E-state index >= 15 is 0 Å². The van der Waals surface area contributed by atoms with Crippen LogP contribution in [0.3, 0.4) is 0 Å². The number of benzene rings is 2. The molecule has 10 nitrogen and oxygen atoms in total. The average molecular weight is 475 g/mol. The van der Waals surface area contributed by atoms with E-state index in [4.69, 9.17) is 0 Å². The van der Waals surface area contributed by atoms with Crippen LogP contribution in [-0.2, 0) is 14.8 Å². The molecule has 0 bridgehead atoms. The first kappa shape index (κ1) is 24.2. The van der Waals surface area contributed by atoms with Crippen molar-refractivity contribution in [1.29, 1.82) is 0 Å². The molecule has 2 amide bonds. The molecule has 176 valence electrons. The molecule has 0 unspecified atom stereocenters. The van der Waals surface area contributed by atoms with Gasteiger partial charge in [-0.3, -0.25) is 24.4 Å². The first-order valence-electron chi connectivity index (χ1n) is 10.7. The van der Waals surface area contributed by atoms with Gasteiger partial charge in [-0.1, -0.05) is 31.0 Å². The molecule has 1 saturated heterocycles. The van der Waals surface area contributed by atoms with Crippen LogP contribution in [0.25, 0.3) is 0 Å². The molecule has 0 radical (unpaired) electrons. The van der Waals surface area contributed by atoms with Crippen LogP contribution in [0.15, 0.2) is 53.4 Å². The van der Waals surface area contributed by atoms with Gasteiger partial charge in [-0.2, -0.15) is 0 Å². The Morgan fingerprint density at radius 2 is 1.70 bits per heavy atom. The molecule has 1 heterocycles. The minimum atomic E-state index is -4.17. The summed E-state index contributed by atoms with van der Waals surface area (Å²) in [4.78, 5) is 36.9. The Morgan fingerprint density at radius 3 is 2.39 bits per heavy atom. The fraction of sp³-hybridized carbons (Fsp3) is 0.364. The Kier molecular flexibility index (Phi) is 7.99. The predicted octanol–water partition coefficient (Wildman–Crippen LogP) is 2.92. The molecule has 2 N–H and O–H groups in total. The summed E-state index contributed by atoms with van der Waals surface area (Å²) >= 11 is 0.